The maximum atomic E-state index is 12.5. The third-order valence-electron chi connectivity index (χ3n) is 3.72. The summed E-state index contributed by atoms with van der Waals surface area (Å²) in [6.07, 6.45) is 1.75. The summed E-state index contributed by atoms with van der Waals surface area (Å²) in [6.45, 7) is 8.64. The standard InChI is InChI=1S/C18H19N5O2S2/c1-4-10-23-15(21-22-18(23)26)14-11(3)19-17(27-14)20-16(24)12-6-8-13(9-7-12)25-5-2/h4,6-9H,1,5,10H2,2-3H3,(H,22,26)(H,19,20,24). The predicted molar refractivity (Wildman–Crippen MR) is 109 cm³/mol. The fourth-order valence-corrected chi connectivity index (χ4v) is 3.65. The van der Waals surface area contributed by atoms with Crippen LogP contribution in [0.15, 0.2) is 36.9 Å². The van der Waals surface area contributed by atoms with Crippen molar-refractivity contribution in [1.82, 2.24) is 19.7 Å². The molecule has 0 radical (unpaired) electrons. The highest BCUT2D eigenvalue weighted by molar-refractivity contribution is 7.71. The molecule has 0 aliphatic heterocycles. The minimum Gasteiger partial charge on any atom is -0.494 e. The smallest absolute Gasteiger partial charge is 0.257 e. The quantitative estimate of drug-likeness (QED) is 0.458. The van der Waals surface area contributed by atoms with Crippen molar-refractivity contribution in [3.8, 4) is 16.5 Å². The molecule has 3 aromatic rings. The Bertz CT molecular complexity index is 1020. The minimum atomic E-state index is -0.233. The molecular formula is C18H19N5O2S2. The number of thiazole rings is 1. The number of H-pyrrole nitrogens is 1. The van der Waals surface area contributed by atoms with E-state index in [4.69, 9.17) is 17.0 Å². The zero-order valence-corrected chi connectivity index (χ0v) is 16.6. The first-order chi connectivity index (χ1) is 13.0. The van der Waals surface area contributed by atoms with E-state index in [1.54, 1.807) is 30.3 Å². The van der Waals surface area contributed by atoms with Gasteiger partial charge in [0.25, 0.3) is 5.91 Å². The lowest BCUT2D eigenvalue weighted by Crippen LogP contribution is -2.11. The lowest BCUT2D eigenvalue weighted by Gasteiger charge is -2.04. The summed E-state index contributed by atoms with van der Waals surface area (Å²) in [4.78, 5) is 17.8. The van der Waals surface area contributed by atoms with Crippen LogP contribution in [0, 0.1) is 11.7 Å². The lowest BCUT2D eigenvalue weighted by atomic mass is 10.2. The molecule has 0 saturated heterocycles. The third kappa shape index (κ3) is 4.15. The Morgan fingerprint density at radius 1 is 1.44 bits per heavy atom. The van der Waals surface area contributed by atoms with Crippen molar-refractivity contribution in [3.05, 3.63) is 52.9 Å². The molecular weight excluding hydrogens is 382 g/mol. The van der Waals surface area contributed by atoms with E-state index < -0.39 is 0 Å². The summed E-state index contributed by atoms with van der Waals surface area (Å²) in [6, 6.07) is 6.97. The molecule has 7 nitrogen and oxygen atoms in total. The number of hydrogen-bond donors (Lipinski definition) is 2. The number of aromatic amines is 1. The van der Waals surface area contributed by atoms with Crippen LogP contribution >= 0.6 is 23.6 Å². The number of hydrogen-bond acceptors (Lipinski definition) is 6. The maximum absolute atomic E-state index is 12.5. The molecule has 9 heteroatoms. The van der Waals surface area contributed by atoms with Crippen LogP contribution in [0.2, 0.25) is 0 Å². The van der Waals surface area contributed by atoms with Crippen LogP contribution in [-0.2, 0) is 6.54 Å². The Balaban J connectivity index is 1.81. The average Bonchev–Trinajstić information content (AvgIpc) is 3.19. The summed E-state index contributed by atoms with van der Waals surface area (Å²) in [7, 11) is 0. The number of aromatic nitrogens is 4. The van der Waals surface area contributed by atoms with Crippen molar-refractivity contribution >= 4 is 34.6 Å². The summed E-state index contributed by atoms with van der Waals surface area (Å²) in [5, 5.41) is 10.4. The second-order valence-corrected chi connectivity index (χ2v) is 6.98. The van der Waals surface area contributed by atoms with Crippen LogP contribution in [0.5, 0.6) is 5.75 Å². The van der Waals surface area contributed by atoms with Crippen LogP contribution in [0.3, 0.4) is 0 Å². The van der Waals surface area contributed by atoms with Crippen LogP contribution in [0.4, 0.5) is 5.13 Å². The van der Waals surface area contributed by atoms with Crippen molar-refractivity contribution in [3.63, 3.8) is 0 Å². The Morgan fingerprint density at radius 3 is 2.85 bits per heavy atom. The normalized spacial score (nSPS) is 10.6. The first kappa shape index (κ1) is 19.0. The second-order valence-electron chi connectivity index (χ2n) is 5.60. The predicted octanol–water partition coefficient (Wildman–Crippen LogP) is 4.21. The highest BCUT2D eigenvalue weighted by Crippen LogP contribution is 2.32. The van der Waals surface area contributed by atoms with Gasteiger partial charge in [-0.1, -0.05) is 17.4 Å². The largest absolute Gasteiger partial charge is 0.494 e. The molecule has 1 aromatic carbocycles. The number of rotatable bonds is 7. The average molecular weight is 402 g/mol. The zero-order chi connectivity index (χ0) is 19.4. The Morgan fingerprint density at radius 2 is 2.19 bits per heavy atom. The van der Waals surface area contributed by atoms with Crippen LogP contribution in [-0.4, -0.2) is 32.3 Å². The number of carbonyl (C=O) groups is 1. The lowest BCUT2D eigenvalue weighted by molar-refractivity contribution is 0.102. The van der Waals surface area contributed by atoms with E-state index in [1.165, 1.54) is 11.3 Å². The number of anilines is 1. The highest BCUT2D eigenvalue weighted by atomic mass is 32.1. The zero-order valence-electron chi connectivity index (χ0n) is 15.0. The molecule has 140 valence electrons. The fraction of sp³-hybridized carbons (Fsp3) is 0.222. The van der Waals surface area contributed by atoms with E-state index in [0.29, 0.717) is 34.4 Å². The molecule has 0 aliphatic carbocycles. The summed E-state index contributed by atoms with van der Waals surface area (Å²) < 4.78 is 7.74. The molecule has 2 aromatic heterocycles. The molecule has 1 amide bonds. The van der Waals surface area contributed by atoms with Crippen LogP contribution in [0.1, 0.15) is 23.0 Å². The summed E-state index contributed by atoms with van der Waals surface area (Å²) in [5.41, 5.74) is 1.29. The first-order valence-corrected chi connectivity index (χ1v) is 9.54. The molecule has 0 saturated carbocycles. The van der Waals surface area contributed by atoms with Gasteiger partial charge in [-0.15, -0.1) is 6.58 Å². The van der Waals surface area contributed by atoms with E-state index >= 15 is 0 Å². The second kappa shape index (κ2) is 8.28. The number of amides is 1. The van der Waals surface area contributed by atoms with Crippen molar-refractivity contribution in [1.29, 1.82) is 0 Å². The Kier molecular flexibility index (Phi) is 5.82. The number of ether oxygens (including phenoxy) is 1. The number of nitrogens with zero attached hydrogens (tertiary/aromatic N) is 3. The van der Waals surface area contributed by atoms with E-state index in [9.17, 15) is 4.79 Å². The first-order valence-electron chi connectivity index (χ1n) is 8.31. The Hall–Kier alpha value is -2.78. The van der Waals surface area contributed by atoms with Crippen molar-refractivity contribution in [2.75, 3.05) is 11.9 Å². The topological polar surface area (TPSA) is 84.8 Å². The van der Waals surface area contributed by atoms with Gasteiger partial charge < -0.3 is 4.74 Å². The highest BCUT2D eigenvalue weighted by Gasteiger charge is 2.17. The molecule has 3 rings (SSSR count). The number of carbonyl (C=O) groups excluding carboxylic acids is 1. The van der Waals surface area contributed by atoms with Crippen molar-refractivity contribution in [2.45, 2.75) is 20.4 Å². The maximum Gasteiger partial charge on any atom is 0.257 e. The van der Waals surface area contributed by atoms with Gasteiger partial charge in [-0.3, -0.25) is 19.8 Å². The molecule has 0 spiro atoms. The van der Waals surface area contributed by atoms with Gasteiger partial charge in [0.1, 0.15) is 5.75 Å². The molecule has 0 fully saturated rings. The molecule has 0 atom stereocenters. The summed E-state index contributed by atoms with van der Waals surface area (Å²) >= 11 is 6.60. The number of benzene rings is 1. The van der Waals surface area contributed by atoms with E-state index in [0.717, 1.165) is 16.3 Å². The van der Waals surface area contributed by atoms with E-state index in [2.05, 4.69) is 27.1 Å². The molecule has 2 heterocycles. The van der Waals surface area contributed by atoms with Gasteiger partial charge in [0, 0.05) is 12.1 Å². The van der Waals surface area contributed by atoms with Crippen molar-refractivity contribution < 1.29 is 9.53 Å². The fourth-order valence-electron chi connectivity index (χ4n) is 2.49. The molecule has 0 bridgehead atoms. The SMILES string of the molecule is C=CCn1c(-c2sc(NC(=O)c3ccc(OCC)cc3)nc2C)n[nH]c1=S. The van der Waals surface area contributed by atoms with Gasteiger partial charge in [0.15, 0.2) is 15.7 Å². The number of allylic oxidation sites excluding steroid dienone is 1. The van der Waals surface area contributed by atoms with Gasteiger partial charge in [-0.05, 0) is 50.3 Å². The summed E-state index contributed by atoms with van der Waals surface area (Å²) in [5.74, 6) is 1.17. The van der Waals surface area contributed by atoms with Gasteiger partial charge in [0.2, 0.25) is 0 Å². The molecule has 2 N–H and O–H groups in total. The number of nitrogens with one attached hydrogen (secondary N) is 2. The van der Waals surface area contributed by atoms with Gasteiger partial charge in [-0.25, -0.2) is 4.98 Å². The molecule has 0 unspecified atom stereocenters. The number of aryl methyl sites for hydroxylation is 1. The Labute approximate surface area is 165 Å². The molecule has 0 aliphatic rings. The monoisotopic (exact) mass is 401 g/mol. The van der Waals surface area contributed by atoms with Crippen LogP contribution < -0.4 is 10.1 Å². The van der Waals surface area contributed by atoms with E-state index in [-0.39, 0.29) is 5.91 Å². The van der Waals surface area contributed by atoms with E-state index in [1.807, 2.05) is 18.4 Å². The van der Waals surface area contributed by atoms with Gasteiger partial charge >= 0.3 is 0 Å². The minimum absolute atomic E-state index is 0.233. The van der Waals surface area contributed by atoms with Crippen molar-refractivity contribution in [2.24, 2.45) is 0 Å². The molecule has 27 heavy (non-hydrogen) atoms. The van der Waals surface area contributed by atoms with Gasteiger partial charge in [-0.2, -0.15) is 5.10 Å². The third-order valence-corrected chi connectivity index (χ3v) is 5.10. The van der Waals surface area contributed by atoms with Crippen LogP contribution in [0.25, 0.3) is 10.7 Å². The van der Waals surface area contributed by atoms with Gasteiger partial charge in [0.05, 0.1) is 17.2 Å².